The first-order chi connectivity index (χ1) is 12.6. The van der Waals surface area contributed by atoms with Crippen LogP contribution in [0.3, 0.4) is 0 Å². The summed E-state index contributed by atoms with van der Waals surface area (Å²) in [6.07, 6.45) is 4.46. The van der Waals surface area contributed by atoms with Gasteiger partial charge >= 0.3 is 0 Å². The van der Waals surface area contributed by atoms with Gasteiger partial charge in [0.25, 0.3) is 5.91 Å². The molecule has 2 saturated heterocycles. The minimum atomic E-state index is -0.497. The Morgan fingerprint density at radius 2 is 1.88 bits per heavy atom. The number of fused-ring (bicyclic) bond motifs is 1. The minimum Gasteiger partial charge on any atom is -0.368 e. The van der Waals surface area contributed by atoms with E-state index in [4.69, 9.17) is 4.74 Å². The topological polar surface area (TPSA) is 87.7 Å². The van der Waals surface area contributed by atoms with Crippen molar-refractivity contribution in [3.63, 3.8) is 0 Å². The van der Waals surface area contributed by atoms with Crippen LogP contribution in [0.1, 0.15) is 36.8 Å². The molecule has 3 aliphatic rings. The second-order valence-corrected chi connectivity index (χ2v) is 7.19. The smallest absolute Gasteiger partial charge is 0.267 e. The van der Waals surface area contributed by atoms with Crippen LogP contribution in [0, 0.1) is 5.92 Å². The number of carbonyl (C=O) groups excluding carboxylic acids is 3. The maximum absolute atomic E-state index is 12.4. The zero-order chi connectivity index (χ0) is 18.1. The number of nitrogens with one attached hydrogen (secondary N) is 2. The summed E-state index contributed by atoms with van der Waals surface area (Å²) in [7, 11) is 0. The summed E-state index contributed by atoms with van der Waals surface area (Å²) in [6.45, 7) is 0.901. The Hall–Kier alpha value is -2.41. The van der Waals surface area contributed by atoms with E-state index in [1.165, 1.54) is 11.1 Å². The summed E-state index contributed by atoms with van der Waals surface area (Å²) in [5, 5.41) is 0. The number of aryl methyl sites for hydroxylation is 2. The Balaban J connectivity index is 1.35. The predicted molar refractivity (Wildman–Crippen MR) is 94.2 cm³/mol. The van der Waals surface area contributed by atoms with E-state index in [0.717, 1.165) is 31.4 Å². The van der Waals surface area contributed by atoms with E-state index in [1.54, 1.807) is 4.90 Å². The third kappa shape index (κ3) is 3.31. The van der Waals surface area contributed by atoms with Gasteiger partial charge in [0, 0.05) is 25.3 Å². The first-order valence-corrected chi connectivity index (χ1v) is 9.25. The van der Waals surface area contributed by atoms with Crippen LogP contribution < -0.4 is 15.8 Å². The molecular formula is C19H23N3O4. The zero-order valence-corrected chi connectivity index (χ0v) is 14.6. The molecule has 1 aliphatic carbocycles. The lowest BCUT2D eigenvalue weighted by Gasteiger charge is -2.18. The molecule has 7 nitrogen and oxygen atoms in total. The Bertz CT molecular complexity index is 742. The maximum Gasteiger partial charge on any atom is 0.267 e. The number of amides is 3. The van der Waals surface area contributed by atoms with Crippen LogP contribution in [0.4, 0.5) is 5.69 Å². The third-order valence-electron chi connectivity index (χ3n) is 5.42. The van der Waals surface area contributed by atoms with E-state index in [9.17, 15) is 14.4 Å². The van der Waals surface area contributed by atoms with E-state index in [2.05, 4.69) is 23.0 Å². The fourth-order valence-electron chi connectivity index (χ4n) is 3.95. The molecule has 0 aromatic heterocycles. The van der Waals surface area contributed by atoms with Crippen LogP contribution in [0.2, 0.25) is 0 Å². The molecular weight excluding hydrogens is 334 g/mol. The van der Waals surface area contributed by atoms with Gasteiger partial charge in [-0.15, -0.1) is 0 Å². The van der Waals surface area contributed by atoms with Gasteiger partial charge in [0.2, 0.25) is 11.8 Å². The van der Waals surface area contributed by atoms with E-state index >= 15 is 0 Å². The SMILES string of the molecule is O=C(NNC(=O)C1CCCO1)C1CC(=O)N(c2ccc3c(c2)CCC3)C1. The van der Waals surface area contributed by atoms with Crippen molar-refractivity contribution in [3.8, 4) is 0 Å². The molecule has 2 aliphatic heterocycles. The molecule has 1 aromatic rings. The number of anilines is 1. The average molecular weight is 357 g/mol. The van der Waals surface area contributed by atoms with Gasteiger partial charge < -0.3 is 9.64 Å². The minimum absolute atomic E-state index is 0.0615. The van der Waals surface area contributed by atoms with Crippen molar-refractivity contribution in [2.75, 3.05) is 18.1 Å². The van der Waals surface area contributed by atoms with Crippen LogP contribution in [0.25, 0.3) is 0 Å². The fourth-order valence-corrected chi connectivity index (χ4v) is 3.95. The van der Waals surface area contributed by atoms with Crippen molar-refractivity contribution >= 4 is 23.4 Å². The monoisotopic (exact) mass is 357 g/mol. The zero-order valence-electron chi connectivity index (χ0n) is 14.6. The lowest BCUT2D eigenvalue weighted by Crippen LogP contribution is -2.48. The van der Waals surface area contributed by atoms with Gasteiger partial charge in [-0.3, -0.25) is 25.2 Å². The van der Waals surface area contributed by atoms with E-state index in [1.807, 2.05) is 6.07 Å². The standard InChI is InChI=1S/C19H23N3O4/c23-17-10-14(18(24)20-21-19(25)16-5-2-8-26-16)11-22(17)15-7-6-12-3-1-4-13(12)9-15/h6-7,9,14,16H,1-5,8,10-11H2,(H,20,24)(H,21,25). The molecule has 3 amide bonds. The number of benzene rings is 1. The van der Waals surface area contributed by atoms with Crippen LogP contribution in [0.15, 0.2) is 18.2 Å². The highest BCUT2D eigenvalue weighted by molar-refractivity contribution is 6.00. The molecule has 2 fully saturated rings. The van der Waals surface area contributed by atoms with E-state index < -0.39 is 12.0 Å². The number of nitrogens with zero attached hydrogens (tertiary/aromatic N) is 1. The molecule has 138 valence electrons. The highest BCUT2D eigenvalue weighted by Gasteiger charge is 2.36. The Labute approximate surface area is 152 Å². The Morgan fingerprint density at radius 1 is 1.08 bits per heavy atom. The molecule has 0 bridgehead atoms. The van der Waals surface area contributed by atoms with Gasteiger partial charge in [0.15, 0.2) is 0 Å². The first-order valence-electron chi connectivity index (χ1n) is 9.25. The van der Waals surface area contributed by atoms with Crippen molar-refractivity contribution in [2.45, 2.75) is 44.6 Å². The Morgan fingerprint density at radius 3 is 2.69 bits per heavy atom. The largest absolute Gasteiger partial charge is 0.368 e. The fraction of sp³-hybridized carbons (Fsp3) is 0.526. The molecule has 0 radical (unpaired) electrons. The highest BCUT2D eigenvalue weighted by atomic mass is 16.5. The third-order valence-corrected chi connectivity index (χ3v) is 5.42. The van der Waals surface area contributed by atoms with Gasteiger partial charge in [-0.25, -0.2) is 0 Å². The molecule has 26 heavy (non-hydrogen) atoms. The number of rotatable bonds is 3. The maximum atomic E-state index is 12.4. The number of ether oxygens (including phenoxy) is 1. The summed E-state index contributed by atoms with van der Waals surface area (Å²) in [5.41, 5.74) is 8.36. The van der Waals surface area contributed by atoms with Gasteiger partial charge in [-0.05, 0) is 55.4 Å². The number of hydrogen-bond donors (Lipinski definition) is 2. The molecule has 2 atom stereocenters. The van der Waals surface area contributed by atoms with Gasteiger partial charge in [-0.1, -0.05) is 6.07 Å². The number of hydrazine groups is 1. The summed E-state index contributed by atoms with van der Waals surface area (Å²) >= 11 is 0. The lowest BCUT2D eigenvalue weighted by atomic mass is 10.1. The summed E-state index contributed by atoms with van der Waals surface area (Å²) < 4.78 is 5.28. The number of hydrogen-bond acceptors (Lipinski definition) is 4. The van der Waals surface area contributed by atoms with Crippen molar-refractivity contribution in [1.82, 2.24) is 10.9 Å². The van der Waals surface area contributed by atoms with Crippen molar-refractivity contribution in [2.24, 2.45) is 5.92 Å². The first kappa shape index (κ1) is 17.0. The normalized spacial score (nSPS) is 24.6. The average Bonchev–Trinajstić information content (AvgIpc) is 3.38. The van der Waals surface area contributed by atoms with E-state index in [0.29, 0.717) is 19.6 Å². The molecule has 2 heterocycles. The molecule has 0 saturated carbocycles. The van der Waals surface area contributed by atoms with E-state index in [-0.39, 0.29) is 24.1 Å². The van der Waals surface area contributed by atoms with Crippen LogP contribution in [-0.4, -0.2) is 37.0 Å². The second kappa shape index (κ2) is 7.07. The molecule has 2 N–H and O–H groups in total. The second-order valence-electron chi connectivity index (χ2n) is 7.19. The highest BCUT2D eigenvalue weighted by Crippen LogP contribution is 2.30. The van der Waals surface area contributed by atoms with Gasteiger partial charge in [0.1, 0.15) is 6.10 Å². The van der Waals surface area contributed by atoms with Crippen LogP contribution >= 0.6 is 0 Å². The number of carbonyl (C=O) groups is 3. The Kier molecular flexibility index (Phi) is 4.63. The molecule has 7 heteroatoms. The quantitative estimate of drug-likeness (QED) is 0.786. The van der Waals surface area contributed by atoms with Gasteiger partial charge in [-0.2, -0.15) is 0 Å². The van der Waals surface area contributed by atoms with Crippen LogP contribution in [-0.2, 0) is 32.0 Å². The van der Waals surface area contributed by atoms with Crippen molar-refractivity contribution < 1.29 is 19.1 Å². The van der Waals surface area contributed by atoms with Crippen LogP contribution in [0.5, 0.6) is 0 Å². The van der Waals surface area contributed by atoms with Crippen molar-refractivity contribution in [1.29, 1.82) is 0 Å². The van der Waals surface area contributed by atoms with Crippen molar-refractivity contribution in [3.05, 3.63) is 29.3 Å². The summed E-state index contributed by atoms with van der Waals surface area (Å²) in [4.78, 5) is 38.3. The van der Waals surface area contributed by atoms with Gasteiger partial charge in [0.05, 0.1) is 5.92 Å². The molecule has 1 aromatic carbocycles. The summed E-state index contributed by atoms with van der Waals surface area (Å²) in [6, 6.07) is 6.11. The summed E-state index contributed by atoms with van der Waals surface area (Å²) in [5.74, 6) is -1.21. The molecule has 4 rings (SSSR count). The lowest BCUT2D eigenvalue weighted by molar-refractivity contribution is -0.136. The predicted octanol–water partition coefficient (Wildman–Crippen LogP) is 0.855. The molecule has 0 spiro atoms. The molecule has 2 unspecified atom stereocenters.